The summed E-state index contributed by atoms with van der Waals surface area (Å²) < 4.78 is 0. The van der Waals surface area contributed by atoms with Gasteiger partial charge in [0.15, 0.2) is 11.6 Å². The number of carbonyl (C=O) groups is 2. The SMILES string of the molecule is CN1CCN(CC(=O)c2ccc3c(c2)Cc2cc(C(=O)CN4CCN(C)CC4)ccc2-3)CC1. The van der Waals surface area contributed by atoms with Gasteiger partial charge < -0.3 is 9.80 Å². The fourth-order valence-corrected chi connectivity index (χ4v) is 5.16. The van der Waals surface area contributed by atoms with Gasteiger partial charge in [-0.1, -0.05) is 24.3 Å². The average Bonchev–Trinajstić information content (AvgIpc) is 3.19. The smallest absolute Gasteiger partial charge is 0.176 e. The molecule has 174 valence electrons. The third kappa shape index (κ3) is 4.94. The van der Waals surface area contributed by atoms with Crippen molar-refractivity contribution in [1.82, 2.24) is 19.6 Å². The summed E-state index contributed by atoms with van der Waals surface area (Å²) in [5.74, 6) is 0.391. The number of benzene rings is 2. The van der Waals surface area contributed by atoms with Crippen molar-refractivity contribution in [3.63, 3.8) is 0 Å². The zero-order valence-corrected chi connectivity index (χ0v) is 19.8. The molecule has 2 fully saturated rings. The molecule has 0 amide bonds. The van der Waals surface area contributed by atoms with Gasteiger partial charge in [0.05, 0.1) is 13.1 Å². The lowest BCUT2D eigenvalue weighted by molar-refractivity contribution is 0.0869. The third-order valence-corrected chi connectivity index (χ3v) is 7.45. The number of likely N-dealkylation sites (N-methyl/N-ethyl adjacent to an activating group) is 2. The predicted molar refractivity (Wildman–Crippen MR) is 131 cm³/mol. The highest BCUT2D eigenvalue weighted by atomic mass is 16.1. The normalized spacial score (nSPS) is 19.9. The quantitative estimate of drug-likeness (QED) is 0.541. The molecule has 2 aliphatic heterocycles. The van der Waals surface area contributed by atoms with E-state index in [0.29, 0.717) is 13.1 Å². The average molecular weight is 447 g/mol. The van der Waals surface area contributed by atoms with Gasteiger partial charge in [0.1, 0.15) is 0 Å². The van der Waals surface area contributed by atoms with Crippen LogP contribution in [-0.4, -0.2) is 111 Å². The van der Waals surface area contributed by atoms with Crippen molar-refractivity contribution in [3.05, 3.63) is 58.7 Å². The topological polar surface area (TPSA) is 47.1 Å². The van der Waals surface area contributed by atoms with Gasteiger partial charge in [-0.3, -0.25) is 19.4 Å². The Morgan fingerprint density at radius 1 is 0.636 bits per heavy atom. The number of Topliss-reactive ketones (excluding diaryl/α,β-unsaturated/α-hetero) is 2. The van der Waals surface area contributed by atoms with Crippen molar-refractivity contribution >= 4 is 11.6 Å². The summed E-state index contributed by atoms with van der Waals surface area (Å²) in [6.45, 7) is 8.84. The molecule has 0 radical (unpaired) electrons. The summed E-state index contributed by atoms with van der Waals surface area (Å²) in [6, 6.07) is 12.3. The van der Waals surface area contributed by atoms with Crippen LogP contribution in [0.2, 0.25) is 0 Å². The second kappa shape index (κ2) is 9.47. The number of nitrogens with zero attached hydrogens (tertiary/aromatic N) is 4. The molecule has 0 saturated carbocycles. The highest BCUT2D eigenvalue weighted by molar-refractivity contribution is 6.00. The van der Waals surface area contributed by atoms with E-state index in [4.69, 9.17) is 0 Å². The lowest BCUT2D eigenvalue weighted by Crippen LogP contribution is -2.46. The highest BCUT2D eigenvalue weighted by Crippen LogP contribution is 2.37. The van der Waals surface area contributed by atoms with Gasteiger partial charge in [0.2, 0.25) is 0 Å². The predicted octanol–water partition coefficient (Wildman–Crippen LogP) is 2.12. The Morgan fingerprint density at radius 3 is 1.42 bits per heavy atom. The second-order valence-electron chi connectivity index (χ2n) is 9.93. The molecule has 0 spiro atoms. The Labute approximate surface area is 196 Å². The minimum atomic E-state index is 0.196. The van der Waals surface area contributed by atoms with E-state index in [-0.39, 0.29) is 11.6 Å². The maximum Gasteiger partial charge on any atom is 0.176 e. The monoisotopic (exact) mass is 446 g/mol. The van der Waals surface area contributed by atoms with Crippen molar-refractivity contribution in [2.24, 2.45) is 0 Å². The fourth-order valence-electron chi connectivity index (χ4n) is 5.16. The summed E-state index contributed by atoms with van der Waals surface area (Å²) in [7, 11) is 4.26. The van der Waals surface area contributed by atoms with Gasteiger partial charge in [-0.25, -0.2) is 0 Å². The van der Waals surface area contributed by atoms with Crippen molar-refractivity contribution in [2.45, 2.75) is 6.42 Å². The van der Waals surface area contributed by atoms with E-state index in [0.717, 1.165) is 69.9 Å². The molecule has 2 aromatic rings. The summed E-state index contributed by atoms with van der Waals surface area (Å²) in [6.07, 6.45) is 0.788. The van der Waals surface area contributed by atoms with E-state index in [2.05, 4.69) is 58.0 Å². The number of piperazine rings is 2. The van der Waals surface area contributed by atoms with E-state index in [9.17, 15) is 9.59 Å². The molecule has 3 aliphatic rings. The fraction of sp³-hybridized carbons (Fsp3) is 0.481. The molecule has 33 heavy (non-hydrogen) atoms. The van der Waals surface area contributed by atoms with Crippen LogP contribution in [0.1, 0.15) is 31.8 Å². The van der Waals surface area contributed by atoms with E-state index in [1.165, 1.54) is 22.3 Å². The maximum absolute atomic E-state index is 12.9. The van der Waals surface area contributed by atoms with Crippen molar-refractivity contribution < 1.29 is 9.59 Å². The van der Waals surface area contributed by atoms with Crippen molar-refractivity contribution in [3.8, 4) is 11.1 Å². The highest BCUT2D eigenvalue weighted by Gasteiger charge is 2.24. The molecule has 6 nitrogen and oxygen atoms in total. The Kier molecular flexibility index (Phi) is 6.43. The Balaban J connectivity index is 1.25. The molecular weight excluding hydrogens is 412 g/mol. The summed E-state index contributed by atoms with van der Waals surface area (Å²) in [5.41, 5.74) is 6.37. The maximum atomic E-state index is 12.9. The van der Waals surface area contributed by atoms with Gasteiger partial charge in [0.25, 0.3) is 0 Å². The van der Waals surface area contributed by atoms with E-state index < -0.39 is 0 Å². The van der Waals surface area contributed by atoms with Gasteiger partial charge in [-0.05, 0) is 54.9 Å². The molecule has 0 bridgehead atoms. The van der Waals surface area contributed by atoms with Crippen LogP contribution < -0.4 is 0 Å². The number of carbonyl (C=O) groups excluding carboxylic acids is 2. The van der Waals surface area contributed by atoms with Crippen LogP contribution in [0.25, 0.3) is 11.1 Å². The van der Waals surface area contributed by atoms with Crippen LogP contribution in [0.4, 0.5) is 0 Å². The minimum Gasteiger partial charge on any atom is -0.304 e. The van der Waals surface area contributed by atoms with Crippen LogP contribution >= 0.6 is 0 Å². The molecule has 6 heteroatoms. The number of fused-ring (bicyclic) bond motifs is 3. The minimum absolute atomic E-state index is 0.196. The van der Waals surface area contributed by atoms with Gasteiger partial charge in [0, 0.05) is 63.5 Å². The molecule has 2 aromatic carbocycles. The first kappa shape index (κ1) is 22.4. The van der Waals surface area contributed by atoms with E-state index in [1.807, 2.05) is 12.1 Å². The zero-order chi connectivity index (χ0) is 22.9. The molecule has 0 N–H and O–H groups in total. The van der Waals surface area contributed by atoms with E-state index in [1.54, 1.807) is 0 Å². The van der Waals surface area contributed by atoms with Crippen LogP contribution in [0, 0.1) is 0 Å². The largest absolute Gasteiger partial charge is 0.304 e. The van der Waals surface area contributed by atoms with Crippen LogP contribution in [0.5, 0.6) is 0 Å². The number of rotatable bonds is 6. The number of ketones is 2. The van der Waals surface area contributed by atoms with Crippen molar-refractivity contribution in [2.75, 3.05) is 79.5 Å². The van der Waals surface area contributed by atoms with Gasteiger partial charge in [-0.2, -0.15) is 0 Å². The molecule has 0 aromatic heterocycles. The third-order valence-electron chi connectivity index (χ3n) is 7.45. The summed E-state index contributed by atoms with van der Waals surface area (Å²) in [4.78, 5) is 34.9. The van der Waals surface area contributed by atoms with Gasteiger partial charge >= 0.3 is 0 Å². The molecule has 1 aliphatic carbocycles. The first-order valence-electron chi connectivity index (χ1n) is 12.1. The van der Waals surface area contributed by atoms with E-state index >= 15 is 0 Å². The Hall–Kier alpha value is -2.38. The molecule has 2 heterocycles. The van der Waals surface area contributed by atoms with Crippen LogP contribution in [0.3, 0.4) is 0 Å². The van der Waals surface area contributed by atoms with Crippen molar-refractivity contribution in [1.29, 1.82) is 0 Å². The lowest BCUT2D eigenvalue weighted by atomic mass is 10.00. The molecular formula is C27H34N4O2. The Bertz CT molecular complexity index is 967. The summed E-state index contributed by atoms with van der Waals surface area (Å²) in [5, 5.41) is 0. The zero-order valence-electron chi connectivity index (χ0n) is 19.8. The molecule has 0 atom stereocenters. The standard InChI is InChI=1S/C27H34N4O2/c1-28-7-11-30(12-8-28)18-26(32)20-3-5-24-22(15-20)17-23-16-21(4-6-25(23)24)27(33)19-31-13-9-29(2)10-14-31/h3-6,15-16H,7-14,17-19H2,1-2H3. The molecule has 2 saturated heterocycles. The molecule has 5 rings (SSSR count). The Morgan fingerprint density at radius 2 is 1.03 bits per heavy atom. The second-order valence-corrected chi connectivity index (χ2v) is 9.93. The first-order valence-corrected chi connectivity index (χ1v) is 12.1. The molecule has 0 unspecified atom stereocenters. The lowest BCUT2D eigenvalue weighted by Gasteiger charge is -2.31. The summed E-state index contributed by atoms with van der Waals surface area (Å²) >= 11 is 0. The number of hydrogen-bond donors (Lipinski definition) is 0. The van der Waals surface area contributed by atoms with Gasteiger partial charge in [-0.15, -0.1) is 0 Å². The number of hydrogen-bond acceptors (Lipinski definition) is 6. The van der Waals surface area contributed by atoms with Crippen LogP contribution in [-0.2, 0) is 6.42 Å². The van der Waals surface area contributed by atoms with Crippen LogP contribution in [0.15, 0.2) is 36.4 Å². The first-order chi connectivity index (χ1) is 16.0.